The molecule has 5 nitrogen and oxygen atoms in total. The topological polar surface area (TPSA) is 49.1 Å². The monoisotopic (exact) mass is 366 g/mol. The quantitative estimate of drug-likeness (QED) is 0.725. The van der Waals surface area contributed by atoms with Crippen molar-refractivity contribution in [2.45, 2.75) is 13.0 Å². The lowest BCUT2D eigenvalue weighted by Gasteiger charge is -2.36. The van der Waals surface area contributed by atoms with Crippen molar-refractivity contribution >= 4 is 16.7 Å². The number of benzene rings is 2. The molecule has 27 heavy (non-hydrogen) atoms. The number of β-amino-alcohol motifs (C(OH)–C–C–N with tert-alkyl or cyclic N) is 1. The number of aliphatic hydroxyl groups is 1. The first kappa shape index (κ1) is 17.9. The number of ether oxygens (including phenoxy) is 1. The third-order valence-electron chi connectivity index (χ3n) is 5.14. The van der Waals surface area contributed by atoms with Crippen LogP contribution in [0.1, 0.15) is 5.56 Å². The summed E-state index contributed by atoms with van der Waals surface area (Å²) in [5, 5.41) is 11.4. The van der Waals surface area contributed by atoms with E-state index in [0.29, 0.717) is 6.54 Å². The molecule has 1 N–H and O–H groups in total. The Bertz CT molecular complexity index is 870. The lowest BCUT2D eigenvalue weighted by Crippen LogP contribution is -2.49. The Kier molecular flexibility index (Phi) is 5.32. The number of furan rings is 1. The van der Waals surface area contributed by atoms with E-state index in [9.17, 15) is 5.11 Å². The standard InChI is InChI=1S/C22H26N2O3/c1-17-15-26-20-8-5-9-21(22(17)20)27-16-19(25)14-23-10-12-24(13-11-23)18-6-3-2-4-7-18/h2-9,15,19,25H,10-14,16H2,1H3. The van der Waals surface area contributed by atoms with Crippen LogP contribution in [0, 0.1) is 6.92 Å². The molecule has 1 aliphatic rings. The lowest BCUT2D eigenvalue weighted by molar-refractivity contribution is 0.0668. The Balaban J connectivity index is 1.28. The molecule has 2 heterocycles. The van der Waals surface area contributed by atoms with Gasteiger partial charge in [0.05, 0.1) is 11.6 Å². The Morgan fingerprint density at radius 1 is 1.04 bits per heavy atom. The van der Waals surface area contributed by atoms with Crippen LogP contribution < -0.4 is 9.64 Å². The summed E-state index contributed by atoms with van der Waals surface area (Å²) in [7, 11) is 0. The number of rotatable bonds is 6. The van der Waals surface area contributed by atoms with Crippen molar-refractivity contribution < 1.29 is 14.3 Å². The van der Waals surface area contributed by atoms with Gasteiger partial charge in [0.15, 0.2) is 0 Å². The van der Waals surface area contributed by atoms with Gasteiger partial charge in [0.2, 0.25) is 0 Å². The minimum absolute atomic E-state index is 0.280. The molecule has 5 heteroatoms. The molecular weight excluding hydrogens is 340 g/mol. The number of fused-ring (bicyclic) bond motifs is 1. The van der Waals surface area contributed by atoms with Crippen molar-refractivity contribution in [3.63, 3.8) is 0 Å². The highest BCUT2D eigenvalue weighted by Crippen LogP contribution is 2.30. The molecule has 3 aromatic rings. The fourth-order valence-electron chi connectivity index (χ4n) is 3.69. The number of aryl methyl sites for hydroxylation is 1. The van der Waals surface area contributed by atoms with Crippen LogP contribution in [0.3, 0.4) is 0 Å². The minimum atomic E-state index is -0.518. The highest BCUT2D eigenvalue weighted by molar-refractivity contribution is 5.87. The molecule has 142 valence electrons. The number of hydrogen-bond donors (Lipinski definition) is 1. The van der Waals surface area contributed by atoms with Crippen LogP contribution >= 0.6 is 0 Å². The maximum Gasteiger partial charge on any atom is 0.137 e. The molecule has 2 aromatic carbocycles. The number of hydrogen-bond acceptors (Lipinski definition) is 5. The Morgan fingerprint density at radius 3 is 2.59 bits per heavy atom. The zero-order valence-corrected chi connectivity index (χ0v) is 15.7. The van der Waals surface area contributed by atoms with Gasteiger partial charge in [-0.2, -0.15) is 0 Å². The summed E-state index contributed by atoms with van der Waals surface area (Å²) in [6, 6.07) is 16.3. The molecule has 4 rings (SSSR count). The van der Waals surface area contributed by atoms with Gasteiger partial charge in [0.25, 0.3) is 0 Å². The summed E-state index contributed by atoms with van der Waals surface area (Å²) in [5.74, 6) is 0.770. The number of aliphatic hydroxyl groups excluding tert-OH is 1. The summed E-state index contributed by atoms with van der Waals surface area (Å²) < 4.78 is 11.4. The molecule has 0 radical (unpaired) electrons. The normalized spacial score (nSPS) is 16.6. The lowest BCUT2D eigenvalue weighted by atomic mass is 10.2. The molecule has 1 aromatic heterocycles. The van der Waals surface area contributed by atoms with Crippen molar-refractivity contribution in [3.05, 3.63) is 60.4 Å². The van der Waals surface area contributed by atoms with Crippen molar-refractivity contribution in [3.8, 4) is 5.75 Å². The molecule has 1 atom stereocenters. The first-order valence-electron chi connectivity index (χ1n) is 9.51. The average Bonchev–Trinajstić information content (AvgIpc) is 3.09. The fourth-order valence-corrected chi connectivity index (χ4v) is 3.69. The zero-order valence-electron chi connectivity index (χ0n) is 15.7. The Labute approximate surface area is 159 Å². The number of piperazine rings is 1. The fraction of sp³-hybridized carbons (Fsp3) is 0.364. The van der Waals surface area contributed by atoms with Crippen LogP contribution in [0.15, 0.2) is 59.2 Å². The molecular formula is C22H26N2O3. The number of nitrogens with zero attached hydrogens (tertiary/aromatic N) is 2. The minimum Gasteiger partial charge on any atom is -0.490 e. The molecule has 0 amide bonds. The van der Waals surface area contributed by atoms with Gasteiger partial charge in [-0.1, -0.05) is 24.3 Å². The van der Waals surface area contributed by atoms with E-state index in [2.05, 4.69) is 34.1 Å². The smallest absolute Gasteiger partial charge is 0.137 e. The SMILES string of the molecule is Cc1coc2cccc(OCC(O)CN3CCN(c4ccccc4)CC3)c12. The summed E-state index contributed by atoms with van der Waals surface area (Å²) in [4.78, 5) is 4.69. The van der Waals surface area contributed by atoms with Gasteiger partial charge in [0, 0.05) is 38.4 Å². The third kappa shape index (κ3) is 4.10. The van der Waals surface area contributed by atoms with E-state index in [1.807, 2.05) is 31.2 Å². The predicted octanol–water partition coefficient (Wildman–Crippen LogP) is 3.30. The van der Waals surface area contributed by atoms with Crippen molar-refractivity contribution in [1.82, 2.24) is 4.90 Å². The second kappa shape index (κ2) is 8.03. The van der Waals surface area contributed by atoms with Crippen LogP contribution in [0.4, 0.5) is 5.69 Å². The van der Waals surface area contributed by atoms with Gasteiger partial charge >= 0.3 is 0 Å². The summed E-state index contributed by atoms with van der Waals surface area (Å²) in [6.45, 7) is 6.76. The number of anilines is 1. The highest BCUT2D eigenvalue weighted by atomic mass is 16.5. The van der Waals surface area contributed by atoms with E-state index in [4.69, 9.17) is 9.15 Å². The maximum absolute atomic E-state index is 10.4. The van der Waals surface area contributed by atoms with E-state index in [-0.39, 0.29) is 6.61 Å². The average molecular weight is 366 g/mol. The van der Waals surface area contributed by atoms with Crippen LogP contribution in [0.2, 0.25) is 0 Å². The largest absolute Gasteiger partial charge is 0.490 e. The molecule has 0 bridgehead atoms. The van der Waals surface area contributed by atoms with Gasteiger partial charge in [-0.3, -0.25) is 4.90 Å². The second-order valence-corrected chi connectivity index (χ2v) is 7.14. The van der Waals surface area contributed by atoms with Gasteiger partial charge < -0.3 is 19.2 Å². The van der Waals surface area contributed by atoms with Crippen LogP contribution in [0.25, 0.3) is 11.0 Å². The zero-order chi connectivity index (χ0) is 18.6. The first-order valence-corrected chi connectivity index (χ1v) is 9.51. The van der Waals surface area contributed by atoms with Crippen molar-refractivity contribution in [2.24, 2.45) is 0 Å². The third-order valence-corrected chi connectivity index (χ3v) is 5.14. The molecule has 0 aliphatic carbocycles. The van der Waals surface area contributed by atoms with Gasteiger partial charge in [-0.25, -0.2) is 0 Å². The van der Waals surface area contributed by atoms with Crippen LogP contribution in [0.5, 0.6) is 5.75 Å². The van der Waals surface area contributed by atoms with E-state index in [1.165, 1.54) is 5.69 Å². The molecule has 1 saturated heterocycles. The predicted molar refractivity (Wildman–Crippen MR) is 108 cm³/mol. The second-order valence-electron chi connectivity index (χ2n) is 7.14. The molecule has 1 fully saturated rings. The molecule has 0 spiro atoms. The summed E-state index contributed by atoms with van der Waals surface area (Å²) >= 11 is 0. The van der Waals surface area contributed by atoms with Crippen molar-refractivity contribution in [1.29, 1.82) is 0 Å². The highest BCUT2D eigenvalue weighted by Gasteiger charge is 2.20. The first-order chi connectivity index (χ1) is 13.2. The van der Waals surface area contributed by atoms with E-state index >= 15 is 0 Å². The van der Waals surface area contributed by atoms with E-state index in [1.54, 1.807) is 6.26 Å². The Morgan fingerprint density at radius 2 is 1.81 bits per heavy atom. The molecule has 0 saturated carbocycles. The Hall–Kier alpha value is -2.50. The van der Waals surface area contributed by atoms with Gasteiger partial charge in [-0.15, -0.1) is 0 Å². The van der Waals surface area contributed by atoms with E-state index in [0.717, 1.165) is 48.5 Å². The van der Waals surface area contributed by atoms with Gasteiger partial charge in [-0.05, 0) is 36.8 Å². The van der Waals surface area contributed by atoms with Crippen LogP contribution in [-0.4, -0.2) is 55.4 Å². The number of para-hydroxylation sites is 1. The van der Waals surface area contributed by atoms with Gasteiger partial charge in [0.1, 0.15) is 24.0 Å². The summed E-state index contributed by atoms with van der Waals surface area (Å²) in [5.41, 5.74) is 3.13. The van der Waals surface area contributed by atoms with E-state index < -0.39 is 6.10 Å². The van der Waals surface area contributed by atoms with Crippen molar-refractivity contribution in [2.75, 3.05) is 44.2 Å². The van der Waals surface area contributed by atoms with Crippen LogP contribution in [-0.2, 0) is 0 Å². The molecule has 1 unspecified atom stereocenters. The summed E-state index contributed by atoms with van der Waals surface area (Å²) in [6.07, 6.45) is 1.22. The maximum atomic E-state index is 10.4. The molecule has 1 aliphatic heterocycles.